The number of esters is 1. The van der Waals surface area contributed by atoms with Crippen molar-refractivity contribution in [2.75, 3.05) is 6.61 Å². The van der Waals surface area contributed by atoms with Gasteiger partial charge in [0.15, 0.2) is 0 Å². The van der Waals surface area contributed by atoms with Crippen LogP contribution >= 0.6 is 0 Å². The summed E-state index contributed by atoms with van der Waals surface area (Å²) in [5, 5.41) is 9.98. The highest BCUT2D eigenvalue weighted by atomic mass is 16.5. The average molecular weight is 409 g/mol. The van der Waals surface area contributed by atoms with E-state index in [1.807, 2.05) is 0 Å². The second-order valence-corrected chi connectivity index (χ2v) is 8.15. The van der Waals surface area contributed by atoms with Crippen molar-refractivity contribution in [3.05, 3.63) is 24.3 Å². The molecule has 3 nitrogen and oxygen atoms in total. The molecule has 0 aliphatic heterocycles. The molecular formula is C26H48O3. The van der Waals surface area contributed by atoms with E-state index in [2.05, 4.69) is 38.2 Å². The number of carbonyl (C=O) groups excluding carboxylic acids is 1. The van der Waals surface area contributed by atoms with E-state index in [1.54, 1.807) is 0 Å². The number of aliphatic hydroxyl groups excluding tert-OH is 1. The number of hydrogen-bond acceptors (Lipinski definition) is 3. The molecule has 0 fully saturated rings. The van der Waals surface area contributed by atoms with Crippen LogP contribution in [0, 0.1) is 0 Å². The molecule has 1 atom stereocenters. The summed E-state index contributed by atoms with van der Waals surface area (Å²) in [6, 6.07) is 0. The Morgan fingerprint density at radius 3 is 1.79 bits per heavy atom. The number of ether oxygens (including phenoxy) is 1. The monoisotopic (exact) mass is 408 g/mol. The number of unbranched alkanes of at least 4 members (excludes halogenated alkanes) is 11. The van der Waals surface area contributed by atoms with Crippen LogP contribution in [0.1, 0.15) is 123 Å². The first-order valence-corrected chi connectivity index (χ1v) is 12.3. The molecule has 1 N–H and O–H groups in total. The molecule has 3 heteroatoms. The van der Waals surface area contributed by atoms with Crippen LogP contribution in [-0.4, -0.2) is 23.8 Å². The van der Waals surface area contributed by atoms with E-state index in [0.29, 0.717) is 13.0 Å². The molecule has 1 unspecified atom stereocenters. The lowest BCUT2D eigenvalue weighted by Gasteiger charge is -2.10. The van der Waals surface area contributed by atoms with Gasteiger partial charge in [-0.2, -0.15) is 0 Å². The first-order chi connectivity index (χ1) is 14.2. The maximum Gasteiger partial charge on any atom is 0.308 e. The molecule has 0 saturated heterocycles. The summed E-state index contributed by atoms with van der Waals surface area (Å²) >= 11 is 0. The van der Waals surface area contributed by atoms with Gasteiger partial charge in [-0.05, 0) is 51.4 Å². The summed E-state index contributed by atoms with van der Waals surface area (Å²) in [4.78, 5) is 11.8. The summed E-state index contributed by atoms with van der Waals surface area (Å²) in [5.74, 6) is -0.250. The lowest BCUT2D eigenvalue weighted by atomic mass is 10.1. The van der Waals surface area contributed by atoms with Gasteiger partial charge < -0.3 is 9.84 Å². The minimum absolute atomic E-state index is 0.143. The van der Waals surface area contributed by atoms with E-state index in [0.717, 1.165) is 32.1 Å². The Morgan fingerprint density at radius 2 is 1.21 bits per heavy atom. The van der Waals surface area contributed by atoms with Crippen molar-refractivity contribution < 1.29 is 14.6 Å². The van der Waals surface area contributed by atoms with E-state index in [4.69, 9.17) is 4.74 Å². The molecule has 0 aliphatic rings. The molecule has 0 rings (SSSR count). The minimum atomic E-state index is -0.548. The first kappa shape index (κ1) is 27.9. The first-order valence-electron chi connectivity index (χ1n) is 12.3. The Bertz CT molecular complexity index is 401. The molecule has 0 aromatic carbocycles. The van der Waals surface area contributed by atoms with E-state index >= 15 is 0 Å². The summed E-state index contributed by atoms with van der Waals surface area (Å²) in [6.45, 7) is 4.89. The maximum atomic E-state index is 11.8. The van der Waals surface area contributed by atoms with Crippen molar-refractivity contribution in [1.29, 1.82) is 0 Å². The van der Waals surface area contributed by atoms with Gasteiger partial charge in [-0.25, -0.2) is 0 Å². The Labute approximate surface area is 181 Å². The van der Waals surface area contributed by atoms with Gasteiger partial charge in [0.2, 0.25) is 0 Å². The lowest BCUT2D eigenvalue weighted by molar-refractivity contribution is -0.146. The van der Waals surface area contributed by atoms with E-state index < -0.39 is 6.10 Å². The van der Waals surface area contributed by atoms with Gasteiger partial charge in [0.25, 0.3) is 0 Å². The predicted octanol–water partition coefficient (Wildman–Crippen LogP) is 7.67. The van der Waals surface area contributed by atoms with Crippen LogP contribution in [0.15, 0.2) is 24.3 Å². The highest BCUT2D eigenvalue weighted by Gasteiger charge is 2.11. The molecular weight excluding hydrogens is 360 g/mol. The minimum Gasteiger partial charge on any atom is -0.466 e. The van der Waals surface area contributed by atoms with Gasteiger partial charge in [-0.15, -0.1) is 0 Å². The van der Waals surface area contributed by atoms with Gasteiger partial charge in [0.1, 0.15) is 0 Å². The summed E-state index contributed by atoms with van der Waals surface area (Å²) in [6.07, 6.45) is 26.8. The molecule has 0 aliphatic carbocycles. The zero-order valence-corrected chi connectivity index (χ0v) is 19.4. The molecule has 0 saturated carbocycles. The normalized spacial score (nSPS) is 12.8. The van der Waals surface area contributed by atoms with Crippen molar-refractivity contribution in [2.24, 2.45) is 0 Å². The topological polar surface area (TPSA) is 46.5 Å². The lowest BCUT2D eigenvalue weighted by Crippen LogP contribution is -2.16. The molecule has 29 heavy (non-hydrogen) atoms. The summed E-state index contributed by atoms with van der Waals surface area (Å²) in [5.41, 5.74) is 0. The van der Waals surface area contributed by atoms with Gasteiger partial charge in [-0.3, -0.25) is 4.79 Å². The summed E-state index contributed by atoms with van der Waals surface area (Å²) < 4.78 is 5.26. The summed E-state index contributed by atoms with van der Waals surface area (Å²) in [7, 11) is 0. The fourth-order valence-corrected chi connectivity index (χ4v) is 3.23. The third-order valence-corrected chi connectivity index (χ3v) is 5.08. The fraction of sp³-hybridized carbons (Fsp3) is 0.808. The van der Waals surface area contributed by atoms with E-state index in [1.165, 1.54) is 64.2 Å². The maximum absolute atomic E-state index is 11.8. The Hall–Kier alpha value is -1.09. The van der Waals surface area contributed by atoms with Gasteiger partial charge in [0.05, 0.1) is 19.1 Å². The Balaban J connectivity index is 3.38. The van der Waals surface area contributed by atoms with Crippen LogP contribution in [0.4, 0.5) is 0 Å². The van der Waals surface area contributed by atoms with Gasteiger partial charge in [-0.1, -0.05) is 89.5 Å². The molecule has 170 valence electrons. The molecule has 0 aromatic heterocycles. The van der Waals surface area contributed by atoms with Crippen molar-refractivity contribution in [3.63, 3.8) is 0 Å². The zero-order valence-electron chi connectivity index (χ0n) is 19.4. The quantitative estimate of drug-likeness (QED) is 0.120. The zero-order chi connectivity index (χ0) is 21.4. The fourth-order valence-electron chi connectivity index (χ4n) is 3.23. The standard InChI is InChI=1S/C26H48O3/c1-3-5-7-9-11-13-15-17-19-21-23-29-26(28)24-25(27)22-20-18-16-14-12-10-8-6-4-2/h7-10,25,27H,3-6,11-24H2,1-2H3/b9-7?,10-8-. The Kier molecular flexibility index (Phi) is 22.3. The largest absolute Gasteiger partial charge is 0.466 e. The van der Waals surface area contributed by atoms with Crippen molar-refractivity contribution in [1.82, 2.24) is 0 Å². The molecule has 0 bridgehead atoms. The second-order valence-electron chi connectivity index (χ2n) is 8.15. The molecule has 0 amide bonds. The Morgan fingerprint density at radius 1 is 0.724 bits per heavy atom. The van der Waals surface area contributed by atoms with Crippen LogP contribution in [0.3, 0.4) is 0 Å². The SMILES string of the molecule is CCCC=CCCCCCCCOC(=O)CC(O)CCCCCC/C=C\CCC. The molecule has 0 aromatic rings. The number of rotatable bonds is 21. The van der Waals surface area contributed by atoms with Gasteiger partial charge in [0, 0.05) is 0 Å². The van der Waals surface area contributed by atoms with Crippen LogP contribution in [0.2, 0.25) is 0 Å². The van der Waals surface area contributed by atoms with Crippen LogP contribution in [0.25, 0.3) is 0 Å². The highest BCUT2D eigenvalue weighted by Crippen LogP contribution is 2.11. The van der Waals surface area contributed by atoms with Crippen molar-refractivity contribution in [3.8, 4) is 0 Å². The molecule has 0 heterocycles. The smallest absolute Gasteiger partial charge is 0.308 e. The molecule has 0 radical (unpaired) electrons. The van der Waals surface area contributed by atoms with Crippen LogP contribution < -0.4 is 0 Å². The third kappa shape index (κ3) is 23.1. The average Bonchev–Trinajstić information content (AvgIpc) is 2.70. The predicted molar refractivity (Wildman–Crippen MR) is 125 cm³/mol. The number of hydrogen-bond donors (Lipinski definition) is 1. The number of aliphatic hydroxyl groups is 1. The number of carbonyl (C=O) groups is 1. The van der Waals surface area contributed by atoms with Crippen molar-refractivity contribution >= 4 is 5.97 Å². The van der Waals surface area contributed by atoms with E-state index in [-0.39, 0.29) is 12.4 Å². The number of allylic oxidation sites excluding steroid dienone is 4. The van der Waals surface area contributed by atoms with Crippen LogP contribution in [0.5, 0.6) is 0 Å². The van der Waals surface area contributed by atoms with Crippen LogP contribution in [-0.2, 0) is 9.53 Å². The van der Waals surface area contributed by atoms with E-state index in [9.17, 15) is 9.90 Å². The molecule has 0 spiro atoms. The third-order valence-electron chi connectivity index (χ3n) is 5.08. The highest BCUT2D eigenvalue weighted by molar-refractivity contribution is 5.69. The van der Waals surface area contributed by atoms with Gasteiger partial charge >= 0.3 is 5.97 Å². The second kappa shape index (κ2) is 23.2. The van der Waals surface area contributed by atoms with Crippen molar-refractivity contribution in [2.45, 2.75) is 129 Å².